The van der Waals surface area contributed by atoms with Gasteiger partial charge in [0.05, 0.1) is 24.1 Å². The fourth-order valence-corrected chi connectivity index (χ4v) is 4.94. The van der Waals surface area contributed by atoms with Gasteiger partial charge in [-0.05, 0) is 81.7 Å². The quantitative estimate of drug-likeness (QED) is 0.265. The molecule has 0 fully saturated rings. The number of amides is 1. The lowest BCUT2D eigenvalue weighted by atomic mass is 9.90. The number of rotatable bonds is 10. The van der Waals surface area contributed by atoms with Crippen molar-refractivity contribution in [2.24, 2.45) is 10.7 Å². The molecule has 0 saturated heterocycles. The summed E-state index contributed by atoms with van der Waals surface area (Å²) in [5.41, 5.74) is 9.95. The summed E-state index contributed by atoms with van der Waals surface area (Å²) in [5.74, 6) is -1.65. The second-order valence-electron chi connectivity index (χ2n) is 11.3. The van der Waals surface area contributed by atoms with Crippen molar-refractivity contribution in [2.45, 2.75) is 51.3 Å². The van der Waals surface area contributed by atoms with Crippen LogP contribution >= 0.6 is 0 Å². The molecule has 0 saturated carbocycles. The molecule has 220 valence electrons. The van der Waals surface area contributed by atoms with Gasteiger partial charge in [0.25, 0.3) is 0 Å². The number of fused-ring (bicyclic) bond motifs is 1. The van der Waals surface area contributed by atoms with Crippen LogP contribution in [0, 0.1) is 0 Å². The van der Waals surface area contributed by atoms with E-state index in [0.29, 0.717) is 42.2 Å². The first-order valence-corrected chi connectivity index (χ1v) is 13.9. The van der Waals surface area contributed by atoms with E-state index in [4.69, 9.17) is 20.2 Å². The first-order valence-electron chi connectivity index (χ1n) is 13.9. The van der Waals surface area contributed by atoms with E-state index in [2.05, 4.69) is 5.32 Å². The average Bonchev–Trinajstić information content (AvgIpc) is 3.29. The van der Waals surface area contributed by atoms with E-state index < -0.39 is 23.5 Å². The Kier molecular flexibility index (Phi) is 9.55. The summed E-state index contributed by atoms with van der Waals surface area (Å²) in [6, 6.07) is 21.8. The Labute approximate surface area is 246 Å². The first kappa shape index (κ1) is 30.6. The Balaban J connectivity index is 1.61. The van der Waals surface area contributed by atoms with E-state index in [1.54, 1.807) is 18.2 Å². The van der Waals surface area contributed by atoms with Crippen LogP contribution in [0.1, 0.15) is 60.2 Å². The molecule has 0 spiro atoms. The molecule has 3 aromatic carbocycles. The number of carbonyl (C=O) groups is 3. The monoisotopic (exact) mass is 570 g/mol. The van der Waals surface area contributed by atoms with E-state index in [0.717, 1.165) is 16.7 Å². The Morgan fingerprint density at radius 3 is 2.33 bits per heavy atom. The number of benzene rings is 3. The minimum atomic E-state index is -0.661. The minimum absolute atomic E-state index is 0.221. The summed E-state index contributed by atoms with van der Waals surface area (Å²) >= 11 is 0. The van der Waals surface area contributed by atoms with Crippen molar-refractivity contribution in [3.05, 3.63) is 95.1 Å². The van der Waals surface area contributed by atoms with Crippen molar-refractivity contribution in [2.75, 3.05) is 26.0 Å². The number of hydrogen-bond donors (Lipinski definition) is 2. The predicted octanol–water partition coefficient (Wildman–Crippen LogP) is 4.82. The highest BCUT2D eigenvalue weighted by molar-refractivity contribution is 6.24. The van der Waals surface area contributed by atoms with Gasteiger partial charge in [-0.1, -0.05) is 48.5 Å². The van der Waals surface area contributed by atoms with Crippen LogP contribution in [0.25, 0.3) is 0 Å². The lowest BCUT2D eigenvalue weighted by Crippen LogP contribution is -2.43. The van der Waals surface area contributed by atoms with E-state index in [-0.39, 0.29) is 11.9 Å². The van der Waals surface area contributed by atoms with Crippen LogP contribution in [0.3, 0.4) is 0 Å². The third-order valence-electron chi connectivity index (χ3n) is 6.92. The number of nitrogens with zero attached hydrogens (tertiary/aromatic N) is 2. The van der Waals surface area contributed by atoms with Crippen molar-refractivity contribution in [3.63, 3.8) is 0 Å². The molecule has 0 aromatic heterocycles. The van der Waals surface area contributed by atoms with Crippen LogP contribution < -0.4 is 11.1 Å². The van der Waals surface area contributed by atoms with E-state index in [9.17, 15) is 14.4 Å². The molecule has 2 unspecified atom stereocenters. The van der Waals surface area contributed by atoms with Gasteiger partial charge in [-0.2, -0.15) is 0 Å². The summed E-state index contributed by atoms with van der Waals surface area (Å²) in [6.45, 7) is 6.43. The van der Waals surface area contributed by atoms with Gasteiger partial charge in [0.2, 0.25) is 5.91 Å². The SMILES string of the molecule is COC(=O)c1ccc2c(c1)NC(=O)C2C(=Nc1ccc(CN(C)C(CCN)C(=O)OC(C)(C)C)cc1)c1ccccc1. The number of anilines is 1. The van der Waals surface area contributed by atoms with Gasteiger partial charge in [0.1, 0.15) is 17.6 Å². The van der Waals surface area contributed by atoms with Crippen LogP contribution in [0.4, 0.5) is 11.4 Å². The lowest BCUT2D eigenvalue weighted by molar-refractivity contribution is -0.161. The molecule has 1 aliphatic heterocycles. The van der Waals surface area contributed by atoms with E-state index in [1.807, 2.05) is 87.3 Å². The third kappa shape index (κ3) is 7.29. The maximum absolute atomic E-state index is 13.3. The van der Waals surface area contributed by atoms with Gasteiger partial charge < -0.3 is 20.5 Å². The molecule has 9 nitrogen and oxygen atoms in total. The molecule has 9 heteroatoms. The summed E-state index contributed by atoms with van der Waals surface area (Å²) in [4.78, 5) is 45.0. The summed E-state index contributed by atoms with van der Waals surface area (Å²) in [6.07, 6.45) is 0.486. The van der Waals surface area contributed by atoms with Crippen LogP contribution in [-0.2, 0) is 25.6 Å². The summed E-state index contributed by atoms with van der Waals surface area (Å²) < 4.78 is 10.4. The van der Waals surface area contributed by atoms with Gasteiger partial charge in [-0.25, -0.2) is 4.79 Å². The number of carbonyl (C=O) groups excluding carboxylic acids is 3. The highest BCUT2D eigenvalue weighted by atomic mass is 16.6. The minimum Gasteiger partial charge on any atom is -0.465 e. The van der Waals surface area contributed by atoms with Crippen molar-refractivity contribution >= 4 is 34.9 Å². The second-order valence-corrected chi connectivity index (χ2v) is 11.3. The number of hydrogen-bond acceptors (Lipinski definition) is 8. The zero-order valence-corrected chi connectivity index (χ0v) is 24.7. The smallest absolute Gasteiger partial charge is 0.337 e. The fourth-order valence-electron chi connectivity index (χ4n) is 4.94. The van der Waals surface area contributed by atoms with Gasteiger partial charge in [-0.15, -0.1) is 0 Å². The molecule has 1 heterocycles. The van der Waals surface area contributed by atoms with Gasteiger partial charge in [0.15, 0.2) is 0 Å². The standard InChI is InChI=1S/C33H38N4O5/c1-33(2,3)42-32(40)27(17-18-34)37(4)20-21-11-14-24(15-12-21)35-29(22-9-7-6-8-10-22)28-25-16-13-23(31(39)41-5)19-26(25)36-30(28)38/h6-16,19,27-28H,17-18,20,34H2,1-5H3,(H,36,38). The Morgan fingerprint density at radius 2 is 1.71 bits per heavy atom. The number of ether oxygens (including phenoxy) is 2. The number of likely N-dealkylation sites (N-methyl/N-ethyl adjacent to an activating group) is 1. The maximum atomic E-state index is 13.3. The highest BCUT2D eigenvalue weighted by Crippen LogP contribution is 2.37. The lowest BCUT2D eigenvalue weighted by Gasteiger charge is -2.29. The molecule has 1 amide bonds. The normalized spacial score (nSPS) is 15.6. The topological polar surface area (TPSA) is 123 Å². The average molecular weight is 571 g/mol. The molecule has 42 heavy (non-hydrogen) atoms. The van der Waals surface area contributed by atoms with Crippen LogP contribution in [0.5, 0.6) is 0 Å². The van der Waals surface area contributed by atoms with E-state index in [1.165, 1.54) is 7.11 Å². The van der Waals surface area contributed by atoms with Gasteiger partial charge >= 0.3 is 11.9 Å². The zero-order valence-electron chi connectivity index (χ0n) is 24.7. The van der Waals surface area contributed by atoms with Crippen molar-refractivity contribution in [1.82, 2.24) is 4.90 Å². The molecule has 2 atom stereocenters. The van der Waals surface area contributed by atoms with Crippen LogP contribution in [0.15, 0.2) is 77.8 Å². The zero-order chi connectivity index (χ0) is 30.4. The number of esters is 2. The van der Waals surface area contributed by atoms with Crippen molar-refractivity contribution < 1.29 is 23.9 Å². The number of aliphatic imine (C=N–C) groups is 1. The highest BCUT2D eigenvalue weighted by Gasteiger charge is 2.36. The Hall–Kier alpha value is -4.34. The number of nitrogens with one attached hydrogen (secondary N) is 1. The van der Waals surface area contributed by atoms with Crippen LogP contribution in [-0.4, -0.2) is 60.8 Å². The molecule has 4 rings (SSSR count). The Morgan fingerprint density at radius 1 is 1.02 bits per heavy atom. The van der Waals surface area contributed by atoms with Crippen LogP contribution in [0.2, 0.25) is 0 Å². The van der Waals surface area contributed by atoms with Crippen molar-refractivity contribution in [1.29, 1.82) is 0 Å². The Bertz CT molecular complexity index is 1460. The molecule has 1 aliphatic rings. The molecular weight excluding hydrogens is 532 g/mol. The fraction of sp³-hybridized carbons (Fsp3) is 0.333. The van der Waals surface area contributed by atoms with Gasteiger partial charge in [0, 0.05) is 12.2 Å². The maximum Gasteiger partial charge on any atom is 0.337 e. The molecule has 0 radical (unpaired) electrons. The predicted molar refractivity (Wildman–Crippen MR) is 163 cm³/mol. The summed E-state index contributed by atoms with van der Waals surface area (Å²) in [5, 5.41) is 2.90. The molecule has 3 N–H and O–H groups in total. The molecule has 0 aliphatic carbocycles. The molecule has 3 aromatic rings. The molecular formula is C33H38N4O5. The van der Waals surface area contributed by atoms with E-state index >= 15 is 0 Å². The first-order chi connectivity index (χ1) is 20.0. The number of methoxy groups -OCH3 is 1. The second kappa shape index (κ2) is 13.1. The molecule has 0 bridgehead atoms. The largest absolute Gasteiger partial charge is 0.465 e. The summed E-state index contributed by atoms with van der Waals surface area (Å²) in [7, 11) is 3.20. The van der Waals surface area contributed by atoms with Crippen molar-refractivity contribution in [3.8, 4) is 0 Å². The van der Waals surface area contributed by atoms with Gasteiger partial charge in [-0.3, -0.25) is 19.5 Å². The number of nitrogens with two attached hydrogens (primary N) is 1. The third-order valence-corrected chi connectivity index (χ3v) is 6.92.